The van der Waals surface area contributed by atoms with Gasteiger partial charge in [0.1, 0.15) is 5.82 Å². The van der Waals surface area contributed by atoms with Gasteiger partial charge >= 0.3 is 17.9 Å². The summed E-state index contributed by atoms with van der Waals surface area (Å²) in [5.41, 5.74) is 0.136. The highest BCUT2D eigenvalue weighted by Crippen LogP contribution is 2.41. The Morgan fingerprint density at radius 3 is 2.32 bits per heavy atom. The number of rotatable bonds is 1. The van der Waals surface area contributed by atoms with Crippen LogP contribution in [0, 0.1) is 5.82 Å². The topological polar surface area (TPSA) is 46.5 Å². The van der Waals surface area contributed by atoms with Crippen molar-refractivity contribution in [3.05, 3.63) is 41.7 Å². The average Bonchev–Trinajstić information content (AvgIpc) is 2.27. The van der Waals surface area contributed by atoms with Gasteiger partial charge < -0.3 is 9.84 Å². The van der Waals surface area contributed by atoms with Gasteiger partial charge in [-0.15, -0.1) is 0 Å². The van der Waals surface area contributed by atoms with Crippen molar-refractivity contribution in [1.82, 2.24) is 0 Å². The van der Waals surface area contributed by atoms with Gasteiger partial charge in [-0.05, 0) is 23.3 Å². The van der Waals surface area contributed by atoms with Crippen LogP contribution in [-0.2, 0) is 9.53 Å². The zero-order valence-corrected chi connectivity index (χ0v) is 9.37. The summed E-state index contributed by atoms with van der Waals surface area (Å²) in [5, 5.41) is 9.38. The van der Waals surface area contributed by atoms with E-state index in [4.69, 9.17) is 0 Å². The number of hydrogen-bond acceptors (Lipinski definition) is 3. The summed E-state index contributed by atoms with van der Waals surface area (Å²) in [5.74, 6) is -5.41. The lowest BCUT2D eigenvalue weighted by atomic mass is 9.95. The first-order chi connectivity index (χ1) is 8.71. The fourth-order valence-electron chi connectivity index (χ4n) is 1.69. The molecule has 0 spiro atoms. The van der Waals surface area contributed by atoms with E-state index in [-0.39, 0.29) is 11.1 Å². The van der Waals surface area contributed by atoms with Gasteiger partial charge in [0.2, 0.25) is 0 Å². The first kappa shape index (κ1) is 13.5. The van der Waals surface area contributed by atoms with E-state index >= 15 is 0 Å². The van der Waals surface area contributed by atoms with E-state index in [9.17, 15) is 27.5 Å². The summed E-state index contributed by atoms with van der Waals surface area (Å²) in [6, 6.07) is 4.53. The molecule has 2 rings (SSSR count). The molecular weight excluding hydrogens is 268 g/mol. The maximum absolute atomic E-state index is 12.7. The molecule has 0 radical (unpaired) electrons. The average molecular weight is 276 g/mol. The molecule has 3 nitrogen and oxygen atoms in total. The van der Waals surface area contributed by atoms with Gasteiger partial charge in [-0.3, -0.25) is 0 Å². The third kappa shape index (κ3) is 2.60. The maximum Gasteiger partial charge on any atom is 0.455 e. The van der Waals surface area contributed by atoms with Crippen molar-refractivity contribution in [3.8, 4) is 0 Å². The maximum atomic E-state index is 12.7. The van der Waals surface area contributed by atoms with Crippen molar-refractivity contribution in [1.29, 1.82) is 0 Å². The summed E-state index contributed by atoms with van der Waals surface area (Å²) in [6.07, 6.45) is -5.20. The van der Waals surface area contributed by atoms with Crippen molar-refractivity contribution >= 4 is 11.5 Å². The fourth-order valence-corrected chi connectivity index (χ4v) is 1.69. The number of cyclic esters (lactones) is 1. The van der Waals surface area contributed by atoms with Crippen LogP contribution in [0.15, 0.2) is 30.3 Å². The molecule has 1 aliphatic heterocycles. The van der Waals surface area contributed by atoms with Crippen LogP contribution in [0.25, 0.3) is 5.57 Å². The zero-order chi connectivity index (χ0) is 14.3. The summed E-state index contributed by atoms with van der Waals surface area (Å²) in [6.45, 7) is 0. The Hall–Kier alpha value is -1.89. The van der Waals surface area contributed by atoms with Crippen LogP contribution in [0.5, 0.6) is 0 Å². The molecule has 7 heteroatoms. The Kier molecular flexibility index (Phi) is 3.09. The Balaban J connectivity index is 2.37. The second kappa shape index (κ2) is 4.34. The third-order valence-electron chi connectivity index (χ3n) is 2.65. The van der Waals surface area contributed by atoms with Crippen LogP contribution >= 0.6 is 0 Å². The SMILES string of the molecule is O=C1C=C(c2ccc(F)cc2)CC(O)(C(F)(F)F)O1. The quantitative estimate of drug-likeness (QED) is 0.633. The lowest BCUT2D eigenvalue weighted by Crippen LogP contribution is -2.50. The Morgan fingerprint density at radius 2 is 1.79 bits per heavy atom. The zero-order valence-electron chi connectivity index (χ0n) is 9.37. The van der Waals surface area contributed by atoms with E-state index in [0.29, 0.717) is 0 Å². The highest BCUT2D eigenvalue weighted by atomic mass is 19.4. The molecule has 1 N–H and O–H groups in total. The Morgan fingerprint density at radius 1 is 1.21 bits per heavy atom. The lowest BCUT2D eigenvalue weighted by molar-refractivity contribution is -0.349. The standard InChI is InChI=1S/C12H8F4O3/c13-9-3-1-7(2-4-9)8-5-10(17)19-11(18,6-8)12(14,15)16/h1-5,18H,6H2. The molecule has 1 atom stereocenters. The molecule has 1 heterocycles. The second-order valence-electron chi connectivity index (χ2n) is 4.06. The van der Waals surface area contributed by atoms with Crippen molar-refractivity contribution in [2.75, 3.05) is 0 Å². The van der Waals surface area contributed by atoms with Crippen molar-refractivity contribution in [2.45, 2.75) is 18.4 Å². The molecule has 0 aliphatic carbocycles. The highest BCUT2D eigenvalue weighted by molar-refractivity contribution is 5.93. The van der Waals surface area contributed by atoms with Gasteiger partial charge in [0.05, 0.1) is 0 Å². The van der Waals surface area contributed by atoms with Gasteiger partial charge in [0.15, 0.2) is 0 Å². The number of carbonyl (C=O) groups excluding carboxylic acids is 1. The van der Waals surface area contributed by atoms with E-state index in [1.54, 1.807) is 0 Å². The van der Waals surface area contributed by atoms with Crippen LogP contribution in [0.3, 0.4) is 0 Å². The predicted molar refractivity (Wildman–Crippen MR) is 56.1 cm³/mol. The second-order valence-corrected chi connectivity index (χ2v) is 4.06. The predicted octanol–water partition coefficient (Wildman–Crippen LogP) is 2.41. The van der Waals surface area contributed by atoms with E-state index in [0.717, 1.165) is 18.2 Å². The first-order valence-electron chi connectivity index (χ1n) is 5.20. The molecular formula is C12H8F4O3. The van der Waals surface area contributed by atoms with E-state index in [2.05, 4.69) is 4.74 Å². The smallest absolute Gasteiger partial charge is 0.420 e. The van der Waals surface area contributed by atoms with Gasteiger partial charge in [-0.2, -0.15) is 13.2 Å². The summed E-state index contributed by atoms with van der Waals surface area (Å²) in [4.78, 5) is 11.1. The van der Waals surface area contributed by atoms with Crippen LogP contribution in [0.2, 0.25) is 0 Å². The number of hydrogen-bond donors (Lipinski definition) is 1. The Bertz CT molecular complexity index is 533. The third-order valence-corrected chi connectivity index (χ3v) is 2.65. The van der Waals surface area contributed by atoms with Gasteiger partial charge in [0.25, 0.3) is 0 Å². The van der Waals surface area contributed by atoms with E-state index in [1.165, 1.54) is 12.1 Å². The normalized spacial score (nSPS) is 23.8. The molecule has 1 aliphatic rings. The number of benzene rings is 1. The van der Waals surface area contributed by atoms with Crippen molar-refractivity contribution in [2.24, 2.45) is 0 Å². The molecule has 19 heavy (non-hydrogen) atoms. The number of ether oxygens (including phenoxy) is 1. The van der Waals surface area contributed by atoms with Gasteiger partial charge in [-0.25, -0.2) is 9.18 Å². The minimum Gasteiger partial charge on any atom is -0.420 e. The Labute approximate surface area is 105 Å². The number of aliphatic hydroxyl groups is 1. The molecule has 1 unspecified atom stereocenters. The molecule has 0 bridgehead atoms. The van der Waals surface area contributed by atoms with Crippen molar-refractivity contribution < 1.29 is 32.2 Å². The van der Waals surface area contributed by atoms with Crippen LogP contribution in [0.4, 0.5) is 17.6 Å². The van der Waals surface area contributed by atoms with Gasteiger partial charge in [0, 0.05) is 12.5 Å². The molecule has 1 aromatic rings. The lowest BCUT2D eigenvalue weighted by Gasteiger charge is -2.33. The minimum absolute atomic E-state index is 0.0731. The largest absolute Gasteiger partial charge is 0.455 e. The monoisotopic (exact) mass is 276 g/mol. The highest BCUT2D eigenvalue weighted by Gasteiger charge is 2.59. The minimum atomic E-state index is -5.11. The van der Waals surface area contributed by atoms with E-state index in [1.807, 2.05) is 0 Å². The number of alkyl halides is 3. The van der Waals surface area contributed by atoms with E-state index < -0.39 is 30.2 Å². The molecule has 0 aromatic heterocycles. The first-order valence-corrected chi connectivity index (χ1v) is 5.20. The molecule has 1 aromatic carbocycles. The molecule has 0 amide bonds. The van der Waals surface area contributed by atoms with Crippen LogP contribution < -0.4 is 0 Å². The fraction of sp³-hybridized carbons (Fsp3) is 0.250. The number of halogens is 4. The molecule has 0 saturated carbocycles. The molecule has 102 valence electrons. The summed E-state index contributed by atoms with van der Waals surface area (Å²) < 4.78 is 54.6. The van der Waals surface area contributed by atoms with Crippen LogP contribution in [-0.4, -0.2) is 23.0 Å². The number of carbonyl (C=O) groups is 1. The molecule has 0 saturated heterocycles. The van der Waals surface area contributed by atoms with Gasteiger partial charge in [-0.1, -0.05) is 12.1 Å². The molecule has 0 fully saturated rings. The summed E-state index contributed by atoms with van der Waals surface area (Å²) in [7, 11) is 0. The number of esters is 1. The van der Waals surface area contributed by atoms with Crippen molar-refractivity contribution in [3.63, 3.8) is 0 Å². The summed E-state index contributed by atoms with van der Waals surface area (Å²) >= 11 is 0. The van der Waals surface area contributed by atoms with Crippen LogP contribution in [0.1, 0.15) is 12.0 Å².